The van der Waals surface area contributed by atoms with E-state index in [0.29, 0.717) is 33.9 Å². The normalized spacial score (nSPS) is 14.9. The number of hydrogen-bond donors (Lipinski definition) is 0. The van der Waals surface area contributed by atoms with Crippen molar-refractivity contribution in [3.8, 4) is 11.5 Å². The summed E-state index contributed by atoms with van der Waals surface area (Å²) in [4.78, 5) is 14.7. The van der Waals surface area contributed by atoms with Gasteiger partial charge in [-0.2, -0.15) is 9.61 Å². The third kappa shape index (κ3) is 4.49. The molecule has 1 amide bonds. The molecule has 0 radical (unpaired) electrons. The second-order valence-corrected chi connectivity index (χ2v) is 8.69. The lowest BCUT2D eigenvalue weighted by atomic mass is 9.90. The number of likely N-dealkylation sites (tertiary alicyclic amines) is 1. The Hall–Kier alpha value is -3.13. The molecule has 158 valence electrons. The van der Waals surface area contributed by atoms with Crippen LogP contribution in [0.4, 0.5) is 0 Å². The van der Waals surface area contributed by atoms with Crippen LogP contribution in [0.25, 0.3) is 17.1 Å². The standard InChI is InChI=1S/C23H23N5O2S/c29-22(27-12-10-18(11-13-27)15-17-5-2-1-3-6-17)16-31-23-25-24-21-9-8-19(26-28(21)23)20-7-4-14-30-20/h1-9,14,18H,10-13,15-16H2. The molecule has 0 bridgehead atoms. The Balaban J connectivity index is 1.17. The van der Waals surface area contributed by atoms with E-state index >= 15 is 0 Å². The Morgan fingerprint density at radius 2 is 1.87 bits per heavy atom. The lowest BCUT2D eigenvalue weighted by Crippen LogP contribution is -2.39. The number of amides is 1. The van der Waals surface area contributed by atoms with Gasteiger partial charge in [0.15, 0.2) is 11.4 Å². The summed E-state index contributed by atoms with van der Waals surface area (Å²) >= 11 is 1.37. The van der Waals surface area contributed by atoms with Gasteiger partial charge in [0.05, 0.1) is 12.0 Å². The second kappa shape index (κ2) is 8.93. The van der Waals surface area contributed by atoms with Crippen LogP contribution < -0.4 is 0 Å². The minimum absolute atomic E-state index is 0.141. The monoisotopic (exact) mass is 433 g/mol. The average Bonchev–Trinajstić information content (AvgIpc) is 3.48. The van der Waals surface area contributed by atoms with E-state index in [9.17, 15) is 4.79 Å². The first-order valence-electron chi connectivity index (χ1n) is 10.5. The quantitative estimate of drug-likeness (QED) is 0.429. The van der Waals surface area contributed by atoms with Crippen LogP contribution in [0.3, 0.4) is 0 Å². The van der Waals surface area contributed by atoms with Crippen molar-refractivity contribution in [2.24, 2.45) is 5.92 Å². The Morgan fingerprint density at radius 1 is 1.03 bits per heavy atom. The molecule has 0 saturated carbocycles. The highest BCUT2D eigenvalue weighted by atomic mass is 32.2. The maximum Gasteiger partial charge on any atom is 0.233 e. The van der Waals surface area contributed by atoms with Gasteiger partial charge in [-0.3, -0.25) is 4.79 Å². The van der Waals surface area contributed by atoms with Crippen molar-refractivity contribution in [1.82, 2.24) is 24.7 Å². The SMILES string of the molecule is O=C(CSc1nnc2ccc(-c3ccco3)nn12)N1CCC(Cc2ccccc2)CC1. The van der Waals surface area contributed by atoms with Crippen molar-refractivity contribution in [2.75, 3.05) is 18.8 Å². The van der Waals surface area contributed by atoms with Crippen LogP contribution in [0, 0.1) is 5.92 Å². The molecule has 0 unspecified atom stereocenters. The van der Waals surface area contributed by atoms with E-state index in [4.69, 9.17) is 4.42 Å². The van der Waals surface area contributed by atoms with Crippen molar-refractivity contribution in [3.63, 3.8) is 0 Å². The predicted molar refractivity (Wildman–Crippen MR) is 119 cm³/mol. The molecule has 0 spiro atoms. The van der Waals surface area contributed by atoms with E-state index in [1.807, 2.05) is 35.2 Å². The van der Waals surface area contributed by atoms with Gasteiger partial charge in [-0.15, -0.1) is 10.2 Å². The minimum Gasteiger partial charge on any atom is -0.463 e. The molecule has 7 nitrogen and oxygen atoms in total. The first-order chi connectivity index (χ1) is 15.3. The molecule has 4 aromatic rings. The maximum atomic E-state index is 12.8. The summed E-state index contributed by atoms with van der Waals surface area (Å²) in [5, 5.41) is 13.5. The highest BCUT2D eigenvalue weighted by Gasteiger charge is 2.23. The molecule has 0 N–H and O–H groups in total. The van der Waals surface area contributed by atoms with Crippen molar-refractivity contribution in [1.29, 1.82) is 0 Å². The number of rotatable bonds is 6. The van der Waals surface area contributed by atoms with E-state index in [0.717, 1.165) is 32.4 Å². The molecule has 3 aromatic heterocycles. The molecule has 4 heterocycles. The fraction of sp³-hybridized carbons (Fsp3) is 0.304. The third-order valence-corrected chi connectivity index (χ3v) is 6.57. The Morgan fingerprint density at radius 3 is 2.65 bits per heavy atom. The van der Waals surface area contributed by atoms with Gasteiger partial charge in [0.25, 0.3) is 0 Å². The highest BCUT2D eigenvalue weighted by Crippen LogP contribution is 2.24. The number of aromatic nitrogens is 4. The van der Waals surface area contributed by atoms with Crippen molar-refractivity contribution in [2.45, 2.75) is 24.4 Å². The summed E-state index contributed by atoms with van der Waals surface area (Å²) in [5.41, 5.74) is 2.72. The first-order valence-corrected chi connectivity index (χ1v) is 11.5. The topological polar surface area (TPSA) is 76.5 Å². The number of nitrogens with zero attached hydrogens (tertiary/aromatic N) is 5. The number of fused-ring (bicyclic) bond motifs is 1. The number of hydrogen-bond acceptors (Lipinski definition) is 6. The average molecular weight is 434 g/mol. The van der Waals surface area contributed by atoms with Crippen LogP contribution in [0.2, 0.25) is 0 Å². The zero-order valence-corrected chi connectivity index (χ0v) is 17.9. The lowest BCUT2D eigenvalue weighted by molar-refractivity contribution is -0.129. The summed E-state index contributed by atoms with van der Waals surface area (Å²) in [7, 11) is 0. The van der Waals surface area contributed by atoms with Gasteiger partial charge in [0, 0.05) is 13.1 Å². The smallest absolute Gasteiger partial charge is 0.233 e. The lowest BCUT2D eigenvalue weighted by Gasteiger charge is -2.32. The van der Waals surface area contributed by atoms with Crippen molar-refractivity contribution in [3.05, 3.63) is 66.4 Å². The second-order valence-electron chi connectivity index (χ2n) is 7.75. The van der Waals surface area contributed by atoms with E-state index < -0.39 is 0 Å². The maximum absolute atomic E-state index is 12.8. The summed E-state index contributed by atoms with van der Waals surface area (Å²) in [6, 6.07) is 18.0. The molecular formula is C23H23N5O2S. The Labute approximate surface area is 184 Å². The van der Waals surface area contributed by atoms with E-state index in [2.05, 4.69) is 39.6 Å². The highest BCUT2D eigenvalue weighted by molar-refractivity contribution is 7.99. The molecule has 1 aromatic carbocycles. The first kappa shape index (κ1) is 19.8. The van der Waals surface area contributed by atoms with Crippen LogP contribution in [-0.4, -0.2) is 49.5 Å². The van der Waals surface area contributed by atoms with Gasteiger partial charge < -0.3 is 9.32 Å². The van der Waals surface area contributed by atoms with Crippen LogP contribution in [0.5, 0.6) is 0 Å². The number of carbonyl (C=O) groups is 1. The fourth-order valence-electron chi connectivity index (χ4n) is 3.97. The summed E-state index contributed by atoms with van der Waals surface area (Å²) in [5.74, 6) is 1.79. The van der Waals surface area contributed by atoms with Gasteiger partial charge in [-0.1, -0.05) is 42.1 Å². The molecule has 0 aliphatic carbocycles. The number of piperidine rings is 1. The van der Waals surface area contributed by atoms with Gasteiger partial charge in [-0.05, 0) is 55.0 Å². The van der Waals surface area contributed by atoms with Crippen molar-refractivity contribution >= 4 is 23.3 Å². The fourth-order valence-corrected chi connectivity index (χ4v) is 4.76. The zero-order valence-electron chi connectivity index (χ0n) is 17.1. The van der Waals surface area contributed by atoms with E-state index in [1.54, 1.807) is 10.8 Å². The number of furan rings is 1. The summed E-state index contributed by atoms with van der Waals surface area (Å²) in [6.45, 7) is 1.64. The van der Waals surface area contributed by atoms with Crippen LogP contribution in [0.15, 0.2) is 70.4 Å². The van der Waals surface area contributed by atoms with E-state index in [1.165, 1.54) is 17.3 Å². The minimum atomic E-state index is 0.141. The van der Waals surface area contributed by atoms with Crippen LogP contribution in [0.1, 0.15) is 18.4 Å². The van der Waals surface area contributed by atoms with Crippen LogP contribution in [-0.2, 0) is 11.2 Å². The zero-order chi connectivity index (χ0) is 21.0. The Bertz CT molecular complexity index is 1150. The molecule has 1 fully saturated rings. The van der Waals surface area contributed by atoms with Crippen molar-refractivity contribution < 1.29 is 9.21 Å². The number of benzene rings is 1. The predicted octanol–water partition coefficient (Wildman–Crippen LogP) is 3.96. The largest absolute Gasteiger partial charge is 0.463 e. The Kier molecular flexibility index (Phi) is 5.71. The molecule has 31 heavy (non-hydrogen) atoms. The molecular weight excluding hydrogens is 410 g/mol. The van der Waals surface area contributed by atoms with Crippen LogP contribution >= 0.6 is 11.8 Å². The van der Waals surface area contributed by atoms with Gasteiger partial charge in [-0.25, -0.2) is 0 Å². The molecule has 5 rings (SSSR count). The molecule has 8 heteroatoms. The molecule has 1 aliphatic rings. The molecule has 0 atom stereocenters. The van der Waals surface area contributed by atoms with Gasteiger partial charge in [0.1, 0.15) is 5.69 Å². The summed E-state index contributed by atoms with van der Waals surface area (Å²) < 4.78 is 7.09. The number of carbonyl (C=O) groups excluding carboxylic acids is 1. The third-order valence-electron chi connectivity index (χ3n) is 5.67. The molecule has 1 saturated heterocycles. The van der Waals surface area contributed by atoms with Gasteiger partial charge >= 0.3 is 0 Å². The van der Waals surface area contributed by atoms with E-state index in [-0.39, 0.29) is 5.91 Å². The summed E-state index contributed by atoms with van der Waals surface area (Å²) in [6.07, 6.45) is 4.80. The number of thioether (sulfide) groups is 1. The molecule has 1 aliphatic heterocycles. The van der Waals surface area contributed by atoms with Gasteiger partial charge in [0.2, 0.25) is 11.1 Å².